The smallest absolute Gasteiger partial charge is 0.224 e. The lowest BCUT2D eigenvalue weighted by atomic mass is 10.2. The van der Waals surface area contributed by atoms with E-state index in [0.29, 0.717) is 5.95 Å². The van der Waals surface area contributed by atoms with Crippen molar-refractivity contribution in [2.75, 3.05) is 30.3 Å². The molecule has 6 nitrogen and oxygen atoms in total. The maximum absolute atomic E-state index is 8.89. The maximum Gasteiger partial charge on any atom is 0.224 e. The van der Waals surface area contributed by atoms with Crippen molar-refractivity contribution < 1.29 is 5.11 Å². The Kier molecular flexibility index (Phi) is 7.26. The summed E-state index contributed by atoms with van der Waals surface area (Å²) in [4.78, 5) is 13.4. The number of rotatable bonds is 10. The van der Waals surface area contributed by atoms with Gasteiger partial charge in [0.05, 0.1) is 11.3 Å². The van der Waals surface area contributed by atoms with Gasteiger partial charge in [0.15, 0.2) is 0 Å². The molecule has 6 heteroatoms. The molecule has 124 valence electrons. The highest BCUT2D eigenvalue weighted by Crippen LogP contribution is 2.24. The molecule has 0 radical (unpaired) electrons. The lowest BCUT2D eigenvalue weighted by molar-refractivity contribution is 0.286. The molecular formula is C17H25N5O. The standard InChI is InChI=1S/C17H25N5O/c1-2-3-9-20-17-21-13-14(15-8-4-5-10-18-15)16(22-17)19-11-6-7-12-23/h4-5,8,10,13,23H,2-3,6-7,9,11-12H2,1H3,(H2,19,20,21,22). The van der Waals surface area contributed by atoms with Gasteiger partial charge >= 0.3 is 0 Å². The van der Waals surface area contributed by atoms with Crippen LogP contribution in [0.1, 0.15) is 32.6 Å². The van der Waals surface area contributed by atoms with Gasteiger partial charge in [-0.05, 0) is 31.4 Å². The average Bonchev–Trinajstić information content (AvgIpc) is 2.60. The van der Waals surface area contributed by atoms with Crippen LogP contribution in [0.25, 0.3) is 11.3 Å². The van der Waals surface area contributed by atoms with Gasteiger partial charge in [0.25, 0.3) is 0 Å². The van der Waals surface area contributed by atoms with Gasteiger partial charge in [-0.15, -0.1) is 0 Å². The van der Waals surface area contributed by atoms with Crippen molar-refractivity contribution in [1.29, 1.82) is 0 Å². The number of unbranched alkanes of at least 4 members (excludes halogenated alkanes) is 2. The highest BCUT2D eigenvalue weighted by atomic mass is 16.2. The quantitative estimate of drug-likeness (QED) is 0.585. The molecule has 2 heterocycles. The third-order valence-corrected chi connectivity index (χ3v) is 3.42. The van der Waals surface area contributed by atoms with Gasteiger partial charge < -0.3 is 15.7 Å². The summed E-state index contributed by atoms with van der Waals surface area (Å²) in [6.45, 7) is 3.98. The van der Waals surface area contributed by atoms with Crippen LogP contribution in [0.3, 0.4) is 0 Å². The van der Waals surface area contributed by atoms with Crippen LogP contribution in [0.2, 0.25) is 0 Å². The summed E-state index contributed by atoms with van der Waals surface area (Å²) in [6, 6.07) is 5.78. The summed E-state index contributed by atoms with van der Waals surface area (Å²) < 4.78 is 0. The van der Waals surface area contributed by atoms with Crippen molar-refractivity contribution in [3.05, 3.63) is 30.6 Å². The molecule has 23 heavy (non-hydrogen) atoms. The van der Waals surface area contributed by atoms with Gasteiger partial charge in [-0.1, -0.05) is 19.4 Å². The van der Waals surface area contributed by atoms with Crippen LogP contribution in [0.5, 0.6) is 0 Å². The summed E-state index contributed by atoms with van der Waals surface area (Å²) >= 11 is 0. The van der Waals surface area contributed by atoms with E-state index in [9.17, 15) is 0 Å². The van der Waals surface area contributed by atoms with E-state index in [-0.39, 0.29) is 6.61 Å². The number of hydrogen-bond acceptors (Lipinski definition) is 6. The van der Waals surface area contributed by atoms with Crippen molar-refractivity contribution >= 4 is 11.8 Å². The molecule has 0 aromatic carbocycles. The predicted molar refractivity (Wildman–Crippen MR) is 93.5 cm³/mol. The fourth-order valence-corrected chi connectivity index (χ4v) is 2.13. The monoisotopic (exact) mass is 315 g/mol. The molecule has 0 aliphatic rings. The number of pyridine rings is 1. The lowest BCUT2D eigenvalue weighted by Gasteiger charge is -2.12. The molecule has 2 aromatic rings. The zero-order chi connectivity index (χ0) is 16.3. The first-order valence-corrected chi connectivity index (χ1v) is 8.22. The second-order valence-electron chi connectivity index (χ2n) is 5.31. The van der Waals surface area contributed by atoms with Crippen LogP contribution in [0.4, 0.5) is 11.8 Å². The highest BCUT2D eigenvalue weighted by Gasteiger charge is 2.10. The lowest BCUT2D eigenvalue weighted by Crippen LogP contribution is -2.10. The van der Waals surface area contributed by atoms with E-state index in [2.05, 4.69) is 32.5 Å². The fourth-order valence-electron chi connectivity index (χ4n) is 2.13. The molecule has 2 aromatic heterocycles. The van der Waals surface area contributed by atoms with Crippen LogP contribution in [0, 0.1) is 0 Å². The van der Waals surface area contributed by atoms with E-state index in [1.165, 1.54) is 0 Å². The number of nitrogens with one attached hydrogen (secondary N) is 2. The van der Waals surface area contributed by atoms with Crippen molar-refractivity contribution in [1.82, 2.24) is 15.0 Å². The van der Waals surface area contributed by atoms with Gasteiger partial charge in [-0.3, -0.25) is 4.98 Å². The van der Waals surface area contributed by atoms with Crippen molar-refractivity contribution in [3.8, 4) is 11.3 Å². The number of aliphatic hydroxyl groups excluding tert-OH is 1. The second-order valence-corrected chi connectivity index (χ2v) is 5.31. The normalized spacial score (nSPS) is 10.5. The first kappa shape index (κ1) is 17.1. The molecule has 0 saturated heterocycles. The summed E-state index contributed by atoms with van der Waals surface area (Å²) in [7, 11) is 0. The van der Waals surface area contributed by atoms with Gasteiger partial charge in [-0.25, -0.2) is 4.98 Å². The minimum absolute atomic E-state index is 0.211. The predicted octanol–water partition coefficient (Wildman–Crippen LogP) is 2.94. The molecule has 0 unspecified atom stereocenters. The van der Waals surface area contributed by atoms with Gasteiger partial charge in [0.1, 0.15) is 5.82 Å². The molecule has 0 spiro atoms. The SMILES string of the molecule is CCCCNc1ncc(-c2ccccn2)c(NCCCCO)n1. The Balaban J connectivity index is 2.15. The molecule has 0 atom stereocenters. The maximum atomic E-state index is 8.89. The first-order chi connectivity index (χ1) is 11.3. The third-order valence-electron chi connectivity index (χ3n) is 3.42. The largest absolute Gasteiger partial charge is 0.396 e. The molecule has 0 aliphatic heterocycles. The Morgan fingerprint density at radius 3 is 2.65 bits per heavy atom. The average molecular weight is 315 g/mol. The van der Waals surface area contributed by atoms with Gasteiger partial charge in [0.2, 0.25) is 5.95 Å². The van der Waals surface area contributed by atoms with Gasteiger partial charge in [-0.2, -0.15) is 4.98 Å². The van der Waals surface area contributed by atoms with Crippen LogP contribution in [0.15, 0.2) is 30.6 Å². The van der Waals surface area contributed by atoms with Crippen molar-refractivity contribution in [2.24, 2.45) is 0 Å². The van der Waals surface area contributed by atoms with Crippen LogP contribution in [-0.2, 0) is 0 Å². The topological polar surface area (TPSA) is 83.0 Å². The molecule has 0 saturated carbocycles. The summed E-state index contributed by atoms with van der Waals surface area (Å²) in [6.07, 6.45) is 7.45. The number of hydrogen-bond donors (Lipinski definition) is 3. The Bertz CT molecular complexity index is 576. The Hall–Kier alpha value is -2.21. The molecular weight excluding hydrogens is 290 g/mol. The Morgan fingerprint density at radius 2 is 1.91 bits per heavy atom. The molecule has 0 bridgehead atoms. The minimum Gasteiger partial charge on any atom is -0.396 e. The molecule has 2 rings (SSSR count). The molecule has 0 aliphatic carbocycles. The number of aliphatic hydroxyl groups is 1. The van der Waals surface area contributed by atoms with E-state index in [1.807, 2.05) is 18.2 Å². The number of aromatic nitrogens is 3. The number of anilines is 2. The van der Waals surface area contributed by atoms with E-state index < -0.39 is 0 Å². The first-order valence-electron chi connectivity index (χ1n) is 8.22. The van der Waals surface area contributed by atoms with Crippen molar-refractivity contribution in [3.63, 3.8) is 0 Å². The summed E-state index contributed by atoms with van der Waals surface area (Å²) in [5.41, 5.74) is 1.73. The third kappa shape index (κ3) is 5.49. The van der Waals surface area contributed by atoms with Crippen LogP contribution >= 0.6 is 0 Å². The second kappa shape index (κ2) is 9.74. The highest BCUT2D eigenvalue weighted by molar-refractivity contribution is 5.72. The Morgan fingerprint density at radius 1 is 1.04 bits per heavy atom. The Labute approximate surface area is 137 Å². The van der Waals surface area contributed by atoms with Crippen LogP contribution in [-0.4, -0.2) is 39.8 Å². The van der Waals surface area contributed by atoms with E-state index >= 15 is 0 Å². The number of nitrogens with zero attached hydrogens (tertiary/aromatic N) is 3. The van der Waals surface area contributed by atoms with Gasteiger partial charge in [0, 0.05) is 32.1 Å². The zero-order valence-corrected chi connectivity index (χ0v) is 13.6. The van der Waals surface area contributed by atoms with E-state index in [4.69, 9.17) is 5.11 Å². The molecule has 3 N–H and O–H groups in total. The summed E-state index contributed by atoms with van der Waals surface area (Å²) in [5.74, 6) is 1.40. The van der Waals surface area contributed by atoms with E-state index in [0.717, 1.165) is 55.8 Å². The van der Waals surface area contributed by atoms with Crippen molar-refractivity contribution in [2.45, 2.75) is 32.6 Å². The summed E-state index contributed by atoms with van der Waals surface area (Å²) in [5, 5.41) is 15.5. The zero-order valence-electron chi connectivity index (χ0n) is 13.6. The van der Waals surface area contributed by atoms with Crippen LogP contribution < -0.4 is 10.6 Å². The molecule has 0 amide bonds. The minimum atomic E-state index is 0.211. The van der Waals surface area contributed by atoms with E-state index in [1.54, 1.807) is 12.4 Å². The molecule has 0 fully saturated rings. The fraction of sp³-hybridized carbons (Fsp3) is 0.471.